The first kappa shape index (κ1) is 16.3. The minimum absolute atomic E-state index is 0.333. The maximum atomic E-state index is 3.65. The van der Waals surface area contributed by atoms with Crippen molar-refractivity contribution >= 4 is 37.4 Å². The van der Waals surface area contributed by atoms with Crippen molar-refractivity contribution in [1.29, 1.82) is 0 Å². The maximum Gasteiger partial charge on any atom is 0.0697 e. The number of rotatable bonds is 3. The molecule has 0 radical (unpaired) electrons. The van der Waals surface area contributed by atoms with Crippen LogP contribution in [0.3, 0.4) is 0 Å². The molecule has 2 aromatic carbocycles. The summed E-state index contributed by atoms with van der Waals surface area (Å²) in [5.74, 6) is 0. The molecule has 1 saturated heterocycles. The van der Waals surface area contributed by atoms with E-state index in [-0.39, 0.29) is 0 Å². The number of hydrogen-bond acceptors (Lipinski definition) is 3. The lowest BCUT2D eigenvalue weighted by Gasteiger charge is -2.30. The van der Waals surface area contributed by atoms with E-state index < -0.39 is 0 Å². The van der Waals surface area contributed by atoms with Crippen LogP contribution in [0.25, 0.3) is 10.1 Å². The molecule has 124 valence electrons. The molecule has 1 aliphatic heterocycles. The van der Waals surface area contributed by atoms with Crippen LogP contribution in [0.15, 0.2) is 59.1 Å². The van der Waals surface area contributed by atoms with E-state index in [4.69, 9.17) is 0 Å². The fourth-order valence-electron chi connectivity index (χ4n) is 3.49. The van der Waals surface area contributed by atoms with Gasteiger partial charge in [-0.2, -0.15) is 0 Å². The van der Waals surface area contributed by atoms with Gasteiger partial charge in [-0.25, -0.2) is 0 Å². The van der Waals surface area contributed by atoms with Crippen molar-refractivity contribution in [3.63, 3.8) is 0 Å². The SMILES string of the molecule is Brc1cccc(C(c2cc3ccccc3s2)N2CCCNCC2)c1. The van der Waals surface area contributed by atoms with Crippen LogP contribution in [-0.4, -0.2) is 31.1 Å². The third kappa shape index (κ3) is 3.42. The molecule has 0 saturated carbocycles. The van der Waals surface area contributed by atoms with Crippen molar-refractivity contribution in [2.24, 2.45) is 0 Å². The molecule has 3 aromatic rings. The van der Waals surface area contributed by atoms with E-state index in [0.29, 0.717) is 6.04 Å². The lowest BCUT2D eigenvalue weighted by Crippen LogP contribution is -2.32. The molecule has 0 bridgehead atoms. The van der Waals surface area contributed by atoms with Crippen LogP contribution in [-0.2, 0) is 0 Å². The predicted molar refractivity (Wildman–Crippen MR) is 107 cm³/mol. The quantitative estimate of drug-likeness (QED) is 0.661. The number of halogens is 1. The van der Waals surface area contributed by atoms with Gasteiger partial charge >= 0.3 is 0 Å². The average molecular weight is 401 g/mol. The number of hydrogen-bond donors (Lipinski definition) is 1. The first-order chi connectivity index (χ1) is 11.8. The highest BCUT2D eigenvalue weighted by atomic mass is 79.9. The second-order valence-electron chi connectivity index (χ2n) is 6.28. The Labute approximate surface area is 155 Å². The van der Waals surface area contributed by atoms with Gasteiger partial charge in [0.15, 0.2) is 0 Å². The van der Waals surface area contributed by atoms with Crippen LogP contribution in [0.5, 0.6) is 0 Å². The van der Waals surface area contributed by atoms with E-state index in [1.807, 2.05) is 11.3 Å². The Balaban J connectivity index is 1.79. The fraction of sp³-hybridized carbons (Fsp3) is 0.300. The van der Waals surface area contributed by atoms with E-state index in [1.165, 1.54) is 26.9 Å². The number of nitrogens with one attached hydrogen (secondary N) is 1. The van der Waals surface area contributed by atoms with Crippen LogP contribution >= 0.6 is 27.3 Å². The summed E-state index contributed by atoms with van der Waals surface area (Å²) < 4.78 is 2.53. The number of benzene rings is 2. The number of nitrogens with zero attached hydrogens (tertiary/aromatic N) is 1. The Bertz CT molecular complexity index is 788. The van der Waals surface area contributed by atoms with Crippen LogP contribution < -0.4 is 5.32 Å². The van der Waals surface area contributed by atoms with Gasteiger partial charge in [0.1, 0.15) is 0 Å². The van der Waals surface area contributed by atoms with E-state index in [2.05, 4.69) is 80.7 Å². The summed E-state index contributed by atoms with van der Waals surface area (Å²) in [5, 5.41) is 4.88. The van der Waals surface area contributed by atoms with Gasteiger partial charge in [-0.05, 0) is 48.2 Å². The summed E-state index contributed by atoms with van der Waals surface area (Å²) >= 11 is 5.58. The molecule has 1 atom stereocenters. The number of thiophene rings is 1. The Morgan fingerprint density at radius 1 is 1.00 bits per heavy atom. The summed E-state index contributed by atoms with van der Waals surface area (Å²) in [6, 6.07) is 20.2. The Kier molecular flexibility index (Phi) is 4.99. The molecule has 0 spiro atoms. The minimum atomic E-state index is 0.333. The molecule has 0 amide bonds. The Hall–Kier alpha value is -1.20. The monoisotopic (exact) mass is 400 g/mol. The first-order valence-electron chi connectivity index (χ1n) is 8.50. The van der Waals surface area contributed by atoms with Gasteiger partial charge in [0, 0.05) is 33.7 Å². The molecule has 1 aliphatic rings. The van der Waals surface area contributed by atoms with Crippen molar-refractivity contribution < 1.29 is 0 Å². The lowest BCUT2D eigenvalue weighted by atomic mass is 10.0. The normalized spacial score (nSPS) is 17.7. The molecule has 4 rings (SSSR count). The summed E-state index contributed by atoms with van der Waals surface area (Å²) in [4.78, 5) is 4.07. The topological polar surface area (TPSA) is 15.3 Å². The van der Waals surface area contributed by atoms with E-state index in [1.54, 1.807) is 0 Å². The maximum absolute atomic E-state index is 3.65. The molecular formula is C20H21BrN2S. The van der Waals surface area contributed by atoms with Gasteiger partial charge < -0.3 is 5.32 Å². The first-order valence-corrected chi connectivity index (χ1v) is 10.1. The van der Waals surface area contributed by atoms with Gasteiger partial charge in [-0.3, -0.25) is 4.90 Å². The van der Waals surface area contributed by atoms with Gasteiger partial charge in [-0.1, -0.05) is 46.3 Å². The lowest BCUT2D eigenvalue weighted by molar-refractivity contribution is 0.244. The molecule has 2 nitrogen and oxygen atoms in total. The van der Waals surface area contributed by atoms with E-state index in [0.717, 1.165) is 30.7 Å². The standard InChI is InChI=1S/C20H21BrN2S/c21-17-7-3-6-16(13-17)20(23-11-4-9-22-10-12-23)19-14-15-5-1-2-8-18(15)24-19/h1-3,5-8,13-14,20,22H,4,9-12H2. The molecule has 1 aromatic heterocycles. The third-order valence-corrected chi connectivity index (χ3v) is 6.28. The molecule has 0 aliphatic carbocycles. The summed E-state index contributed by atoms with van der Waals surface area (Å²) in [6.07, 6.45) is 1.20. The molecular weight excluding hydrogens is 380 g/mol. The van der Waals surface area contributed by atoms with Crippen LogP contribution in [0.2, 0.25) is 0 Å². The zero-order valence-electron chi connectivity index (χ0n) is 13.5. The van der Waals surface area contributed by atoms with Crippen molar-refractivity contribution in [2.75, 3.05) is 26.2 Å². The zero-order valence-corrected chi connectivity index (χ0v) is 15.9. The second kappa shape index (κ2) is 7.36. The summed E-state index contributed by atoms with van der Waals surface area (Å²) in [5.41, 5.74) is 1.37. The fourth-order valence-corrected chi connectivity index (χ4v) is 5.14. The summed E-state index contributed by atoms with van der Waals surface area (Å²) in [7, 11) is 0. The Morgan fingerprint density at radius 2 is 1.92 bits per heavy atom. The highest BCUT2D eigenvalue weighted by molar-refractivity contribution is 9.10. The van der Waals surface area contributed by atoms with Gasteiger partial charge in [0.05, 0.1) is 6.04 Å². The van der Waals surface area contributed by atoms with E-state index in [9.17, 15) is 0 Å². The predicted octanol–water partition coefficient (Wildman–Crippen LogP) is 5.05. The average Bonchev–Trinajstić information content (AvgIpc) is 2.82. The zero-order chi connectivity index (χ0) is 16.4. The van der Waals surface area contributed by atoms with Gasteiger partial charge in [0.25, 0.3) is 0 Å². The number of fused-ring (bicyclic) bond motifs is 1. The third-order valence-electron chi connectivity index (χ3n) is 4.62. The largest absolute Gasteiger partial charge is 0.315 e. The highest BCUT2D eigenvalue weighted by Gasteiger charge is 2.25. The molecule has 1 fully saturated rings. The molecule has 1 N–H and O–H groups in total. The van der Waals surface area contributed by atoms with Crippen molar-refractivity contribution in [3.8, 4) is 0 Å². The van der Waals surface area contributed by atoms with Gasteiger partial charge in [-0.15, -0.1) is 11.3 Å². The molecule has 2 heterocycles. The minimum Gasteiger partial charge on any atom is -0.315 e. The van der Waals surface area contributed by atoms with Crippen molar-refractivity contribution in [2.45, 2.75) is 12.5 Å². The van der Waals surface area contributed by atoms with Crippen molar-refractivity contribution in [3.05, 3.63) is 69.5 Å². The smallest absolute Gasteiger partial charge is 0.0697 e. The van der Waals surface area contributed by atoms with Gasteiger partial charge in [0.2, 0.25) is 0 Å². The molecule has 24 heavy (non-hydrogen) atoms. The van der Waals surface area contributed by atoms with Crippen molar-refractivity contribution in [1.82, 2.24) is 10.2 Å². The second-order valence-corrected chi connectivity index (χ2v) is 8.31. The van der Waals surface area contributed by atoms with E-state index >= 15 is 0 Å². The molecule has 1 unspecified atom stereocenters. The van der Waals surface area contributed by atoms with Crippen LogP contribution in [0.4, 0.5) is 0 Å². The summed E-state index contributed by atoms with van der Waals surface area (Å²) in [6.45, 7) is 4.41. The van der Waals surface area contributed by atoms with Crippen LogP contribution in [0, 0.1) is 0 Å². The van der Waals surface area contributed by atoms with Crippen LogP contribution in [0.1, 0.15) is 22.9 Å². The Morgan fingerprint density at radius 3 is 2.79 bits per heavy atom. The molecule has 4 heteroatoms. The highest BCUT2D eigenvalue weighted by Crippen LogP contribution is 2.37.